The third-order valence-electron chi connectivity index (χ3n) is 3.31. The van der Waals surface area contributed by atoms with Gasteiger partial charge in [0.05, 0.1) is 6.61 Å². The van der Waals surface area contributed by atoms with E-state index >= 15 is 0 Å². The molecule has 0 aliphatic rings. The van der Waals surface area contributed by atoms with E-state index in [1.165, 1.54) is 24.3 Å². The lowest BCUT2D eigenvalue weighted by molar-refractivity contribution is 0.294. The van der Waals surface area contributed by atoms with Crippen molar-refractivity contribution >= 4 is 28.3 Å². The molecule has 148 valence electrons. The van der Waals surface area contributed by atoms with Crippen molar-refractivity contribution < 1.29 is 26.2 Å². The van der Waals surface area contributed by atoms with Crippen LogP contribution in [0.25, 0.3) is 0 Å². The number of rotatable bonds is 10. The average molecular weight is 430 g/mol. The van der Waals surface area contributed by atoms with Gasteiger partial charge in [-0.3, -0.25) is 4.52 Å². The number of para-hydroxylation sites is 2. The summed E-state index contributed by atoms with van der Waals surface area (Å²) in [7, 11) is -4.05. The lowest BCUT2D eigenvalue weighted by Crippen LogP contribution is -2.10. The smallest absolute Gasteiger partial charge is 0.413 e. The second kappa shape index (κ2) is 9.64. The molecule has 0 fully saturated rings. The van der Waals surface area contributed by atoms with E-state index in [1.54, 1.807) is 31.2 Å². The fourth-order valence-electron chi connectivity index (χ4n) is 2.04. The highest BCUT2D eigenvalue weighted by Crippen LogP contribution is 2.61. The van der Waals surface area contributed by atoms with E-state index < -0.39 is 16.9 Å². The summed E-state index contributed by atoms with van der Waals surface area (Å²) < 4.78 is 54.1. The zero-order chi connectivity index (χ0) is 19.9. The molecule has 0 N–H and O–H groups in total. The number of benzene rings is 2. The molecular formula is C18H23O6PS2. The Bertz CT molecular complexity index is 896. The Labute approximate surface area is 164 Å². The lowest BCUT2D eigenvalue weighted by Gasteiger charge is -2.19. The van der Waals surface area contributed by atoms with Crippen LogP contribution in [0.15, 0.2) is 53.4 Å². The van der Waals surface area contributed by atoms with Gasteiger partial charge in [-0.05, 0) is 55.9 Å². The van der Waals surface area contributed by atoms with Crippen molar-refractivity contribution in [1.82, 2.24) is 0 Å². The molecule has 0 radical (unpaired) electrons. The van der Waals surface area contributed by atoms with Crippen molar-refractivity contribution in [3.8, 4) is 11.5 Å². The van der Waals surface area contributed by atoms with E-state index in [0.717, 1.165) is 23.4 Å². The molecule has 0 aromatic heterocycles. The summed E-state index contributed by atoms with van der Waals surface area (Å²) in [6, 6.07) is 12.5. The summed E-state index contributed by atoms with van der Waals surface area (Å²) in [5.74, 6) is 0.589. The highest BCUT2D eigenvalue weighted by molar-refractivity contribution is 8.55. The van der Waals surface area contributed by atoms with Gasteiger partial charge in [-0.2, -0.15) is 8.42 Å². The largest absolute Gasteiger partial charge is 0.440 e. The zero-order valence-corrected chi connectivity index (χ0v) is 18.0. The molecule has 1 atom stereocenters. The van der Waals surface area contributed by atoms with Gasteiger partial charge in [0.25, 0.3) is 0 Å². The molecule has 9 heteroatoms. The molecule has 6 nitrogen and oxygen atoms in total. The Morgan fingerprint density at radius 3 is 2.22 bits per heavy atom. The van der Waals surface area contributed by atoms with Crippen LogP contribution in [0.2, 0.25) is 0 Å². The maximum Gasteiger partial charge on any atom is 0.440 e. The van der Waals surface area contributed by atoms with Crippen molar-refractivity contribution in [2.24, 2.45) is 0 Å². The topological polar surface area (TPSA) is 78.9 Å². The Kier molecular flexibility index (Phi) is 7.79. The summed E-state index contributed by atoms with van der Waals surface area (Å²) in [6.45, 7) is 2.25. The molecule has 27 heavy (non-hydrogen) atoms. The van der Waals surface area contributed by atoms with Crippen LogP contribution < -0.4 is 8.71 Å². The molecule has 1 unspecified atom stereocenters. The molecule has 2 aromatic rings. The standard InChI is InChI=1S/C18H23O6PS2/c1-4-14-26-25(19,22-5-2)23-17-8-6-7-9-18(17)24-27(20,21)16-12-10-15(3)11-13-16/h6-13H,4-5,14H2,1-3H3. The van der Waals surface area contributed by atoms with Gasteiger partial charge in [0, 0.05) is 5.75 Å². The van der Waals surface area contributed by atoms with Crippen LogP contribution >= 0.6 is 18.2 Å². The van der Waals surface area contributed by atoms with E-state index in [2.05, 4.69) is 0 Å². The highest BCUT2D eigenvalue weighted by atomic mass is 32.7. The Morgan fingerprint density at radius 2 is 1.63 bits per heavy atom. The number of hydrogen-bond acceptors (Lipinski definition) is 7. The van der Waals surface area contributed by atoms with Gasteiger partial charge in [0.2, 0.25) is 0 Å². The normalized spacial score (nSPS) is 13.7. The highest BCUT2D eigenvalue weighted by Gasteiger charge is 2.29. The molecule has 2 rings (SSSR count). The van der Waals surface area contributed by atoms with Crippen LogP contribution in [0.1, 0.15) is 25.8 Å². The predicted molar refractivity (Wildman–Crippen MR) is 108 cm³/mol. The molecule has 0 amide bonds. The molecule has 0 spiro atoms. The SMILES string of the molecule is CCCSP(=O)(OCC)Oc1ccccc1OS(=O)(=O)c1ccc(C)cc1. The van der Waals surface area contributed by atoms with Crippen molar-refractivity contribution in [2.45, 2.75) is 32.1 Å². The molecule has 0 aliphatic carbocycles. The fraction of sp³-hybridized carbons (Fsp3) is 0.333. The van der Waals surface area contributed by atoms with E-state index in [0.29, 0.717) is 5.75 Å². The van der Waals surface area contributed by atoms with Crippen LogP contribution in [0.5, 0.6) is 11.5 Å². The summed E-state index contributed by atoms with van der Waals surface area (Å²) in [5, 5.41) is 0. The van der Waals surface area contributed by atoms with Crippen LogP contribution in [0.4, 0.5) is 0 Å². The fourth-order valence-corrected chi connectivity index (χ4v) is 6.43. The minimum atomic E-state index is -4.05. The van der Waals surface area contributed by atoms with E-state index in [4.69, 9.17) is 13.2 Å². The Morgan fingerprint density at radius 1 is 1.00 bits per heavy atom. The summed E-state index contributed by atoms with van der Waals surface area (Å²) in [5.41, 5.74) is 0.934. The van der Waals surface area contributed by atoms with Gasteiger partial charge < -0.3 is 8.71 Å². The summed E-state index contributed by atoms with van der Waals surface area (Å²) >= 11 is 1.07. The predicted octanol–water partition coefficient (Wildman–Crippen LogP) is 5.43. The monoisotopic (exact) mass is 430 g/mol. The Balaban J connectivity index is 2.29. The van der Waals surface area contributed by atoms with Crippen molar-refractivity contribution in [3.63, 3.8) is 0 Å². The first-order valence-electron chi connectivity index (χ1n) is 8.48. The second-order valence-electron chi connectivity index (χ2n) is 5.59. The minimum absolute atomic E-state index is 0.0243. The minimum Gasteiger partial charge on any atom is -0.413 e. The van der Waals surface area contributed by atoms with Crippen molar-refractivity contribution in [3.05, 3.63) is 54.1 Å². The molecule has 0 bridgehead atoms. The van der Waals surface area contributed by atoms with Gasteiger partial charge in [-0.15, -0.1) is 0 Å². The molecule has 0 heterocycles. The van der Waals surface area contributed by atoms with Gasteiger partial charge in [0.15, 0.2) is 11.5 Å². The third-order valence-corrected chi connectivity index (χ3v) is 8.50. The Hall–Kier alpha value is -1.47. The van der Waals surface area contributed by atoms with Crippen molar-refractivity contribution in [2.75, 3.05) is 12.4 Å². The van der Waals surface area contributed by atoms with Gasteiger partial charge in [0.1, 0.15) is 4.90 Å². The molecule has 2 aromatic carbocycles. The first-order valence-corrected chi connectivity index (χ1v) is 13.0. The van der Waals surface area contributed by atoms with E-state index in [9.17, 15) is 13.0 Å². The molecule has 0 saturated carbocycles. The zero-order valence-electron chi connectivity index (χ0n) is 15.5. The van der Waals surface area contributed by atoms with Crippen molar-refractivity contribution in [1.29, 1.82) is 0 Å². The van der Waals surface area contributed by atoms with Crippen LogP contribution in [0, 0.1) is 6.92 Å². The molecule has 0 aliphatic heterocycles. The first-order chi connectivity index (χ1) is 12.8. The first kappa shape index (κ1) is 21.8. The van der Waals surface area contributed by atoms with E-state index in [1.807, 2.05) is 13.8 Å². The quantitative estimate of drug-likeness (QED) is 0.367. The van der Waals surface area contributed by atoms with Gasteiger partial charge in [-0.1, -0.05) is 36.8 Å². The lowest BCUT2D eigenvalue weighted by atomic mass is 10.2. The summed E-state index contributed by atoms with van der Waals surface area (Å²) in [6.07, 6.45) is 0.797. The van der Waals surface area contributed by atoms with Crippen LogP contribution in [-0.2, 0) is 19.2 Å². The maximum atomic E-state index is 12.9. The van der Waals surface area contributed by atoms with Gasteiger partial charge >= 0.3 is 16.9 Å². The second-order valence-corrected chi connectivity index (χ2v) is 11.3. The summed E-state index contributed by atoms with van der Waals surface area (Å²) in [4.78, 5) is 0.0243. The number of aryl methyl sites for hydroxylation is 1. The van der Waals surface area contributed by atoms with E-state index in [-0.39, 0.29) is 23.0 Å². The molecular weight excluding hydrogens is 407 g/mol. The molecule has 0 saturated heterocycles. The number of hydrogen-bond donors (Lipinski definition) is 0. The van der Waals surface area contributed by atoms with Crippen LogP contribution in [-0.4, -0.2) is 20.8 Å². The third kappa shape index (κ3) is 6.28. The van der Waals surface area contributed by atoms with Crippen LogP contribution in [0.3, 0.4) is 0 Å². The maximum absolute atomic E-state index is 12.9. The van der Waals surface area contributed by atoms with Gasteiger partial charge in [-0.25, -0.2) is 4.57 Å². The average Bonchev–Trinajstić information content (AvgIpc) is 2.62.